The number of hydrogen-bond acceptors (Lipinski definition) is 4. The maximum atomic E-state index is 4.95. The van der Waals surface area contributed by atoms with Gasteiger partial charge >= 0.3 is 0 Å². The van der Waals surface area contributed by atoms with Crippen LogP contribution in [0.4, 0.5) is 11.4 Å². The SMILES string of the molecule is [Ir].[c-]1cccc2c1N1[CH-]N(c3csc4ccccc34)N=C1c1ccccc1-2. The van der Waals surface area contributed by atoms with Crippen LogP contribution >= 0.6 is 11.3 Å². The molecule has 0 saturated heterocycles. The van der Waals surface area contributed by atoms with Gasteiger partial charge in [0, 0.05) is 46.8 Å². The molecule has 0 amide bonds. The summed E-state index contributed by atoms with van der Waals surface area (Å²) in [5.41, 5.74) is 5.71. The molecule has 3 aromatic carbocycles. The molecule has 1 radical (unpaired) electrons. The Balaban J connectivity index is 0.00000160. The van der Waals surface area contributed by atoms with E-state index in [9.17, 15) is 0 Å². The molecule has 2 aliphatic heterocycles. The van der Waals surface area contributed by atoms with Crippen molar-refractivity contribution in [3.8, 4) is 11.1 Å². The van der Waals surface area contributed by atoms with E-state index in [1.54, 1.807) is 11.3 Å². The van der Waals surface area contributed by atoms with Gasteiger partial charge in [-0.15, -0.1) is 23.6 Å². The third kappa shape index (κ3) is 2.39. The third-order valence-corrected chi connectivity index (χ3v) is 5.85. The predicted molar refractivity (Wildman–Crippen MR) is 108 cm³/mol. The average molecular weight is 544 g/mol. The van der Waals surface area contributed by atoms with E-state index in [-0.39, 0.29) is 20.1 Å². The molecule has 3 nitrogen and oxygen atoms in total. The largest absolute Gasteiger partial charge is 0.476 e. The molecule has 27 heavy (non-hydrogen) atoms. The molecule has 0 N–H and O–H groups in total. The van der Waals surface area contributed by atoms with Crippen molar-refractivity contribution in [3.63, 3.8) is 0 Å². The smallest absolute Gasteiger partial charge is 0.127 e. The fourth-order valence-electron chi connectivity index (χ4n) is 3.70. The van der Waals surface area contributed by atoms with E-state index < -0.39 is 0 Å². The van der Waals surface area contributed by atoms with Gasteiger partial charge in [-0.25, -0.2) is 0 Å². The topological polar surface area (TPSA) is 18.8 Å². The zero-order valence-electron chi connectivity index (χ0n) is 14.1. The number of benzene rings is 3. The van der Waals surface area contributed by atoms with Crippen LogP contribution in [0.2, 0.25) is 0 Å². The average Bonchev–Trinajstić information content (AvgIpc) is 3.33. The first-order valence-electron chi connectivity index (χ1n) is 8.49. The Morgan fingerprint density at radius 2 is 1.67 bits per heavy atom. The Morgan fingerprint density at radius 1 is 0.889 bits per heavy atom. The second-order valence-electron chi connectivity index (χ2n) is 6.35. The first-order chi connectivity index (χ1) is 12.9. The van der Waals surface area contributed by atoms with Crippen LogP contribution in [0.5, 0.6) is 0 Å². The zero-order chi connectivity index (χ0) is 17.1. The van der Waals surface area contributed by atoms with Crippen molar-refractivity contribution in [1.82, 2.24) is 0 Å². The van der Waals surface area contributed by atoms with Crippen molar-refractivity contribution < 1.29 is 20.1 Å². The number of fused-ring (bicyclic) bond motifs is 7. The maximum absolute atomic E-state index is 4.95. The number of rotatable bonds is 1. The number of hydrogen-bond donors (Lipinski definition) is 0. The van der Waals surface area contributed by atoms with Crippen LogP contribution in [0.1, 0.15) is 5.56 Å². The number of amidine groups is 1. The van der Waals surface area contributed by atoms with Crippen molar-refractivity contribution in [1.29, 1.82) is 0 Å². The van der Waals surface area contributed by atoms with Crippen LogP contribution in [0, 0.1) is 12.7 Å². The summed E-state index contributed by atoms with van der Waals surface area (Å²) in [4.78, 5) is 2.14. The molecule has 4 aromatic rings. The van der Waals surface area contributed by atoms with Gasteiger partial charge in [-0.2, -0.15) is 29.4 Å². The minimum atomic E-state index is 0. The minimum absolute atomic E-state index is 0. The first-order valence-corrected chi connectivity index (χ1v) is 9.37. The standard InChI is InChI=1S/C22H13N3S.Ir/c1-2-9-17-15(7-1)16-8-3-5-11-19(16)24-14-25(23-22(17)24)20-13-26-21-12-6-4-10-18(20)21;/h1-10,12-14H;/q-2;. The molecule has 6 rings (SSSR count). The molecule has 133 valence electrons. The summed E-state index contributed by atoms with van der Waals surface area (Å²) in [5, 5.41) is 10.3. The van der Waals surface area contributed by atoms with Crippen LogP contribution in [0.25, 0.3) is 21.2 Å². The number of nitrogens with zero attached hydrogens (tertiary/aromatic N) is 3. The van der Waals surface area contributed by atoms with Crippen LogP contribution in [-0.2, 0) is 20.1 Å². The van der Waals surface area contributed by atoms with Gasteiger partial charge in [0.1, 0.15) is 5.84 Å². The summed E-state index contributed by atoms with van der Waals surface area (Å²) in [6, 6.07) is 26.4. The van der Waals surface area contributed by atoms with E-state index in [2.05, 4.69) is 77.6 Å². The van der Waals surface area contributed by atoms with Gasteiger partial charge in [0.15, 0.2) is 0 Å². The molecule has 0 aliphatic carbocycles. The van der Waals surface area contributed by atoms with Crippen LogP contribution in [-0.4, -0.2) is 5.84 Å². The number of para-hydroxylation sites is 1. The van der Waals surface area contributed by atoms with Crippen molar-refractivity contribution in [2.45, 2.75) is 0 Å². The fraction of sp³-hybridized carbons (Fsp3) is 0. The molecule has 0 spiro atoms. The van der Waals surface area contributed by atoms with E-state index in [1.165, 1.54) is 21.2 Å². The molecule has 0 fully saturated rings. The third-order valence-electron chi connectivity index (χ3n) is 4.90. The summed E-state index contributed by atoms with van der Waals surface area (Å²) in [5.74, 6) is 0.950. The molecule has 0 saturated carbocycles. The maximum Gasteiger partial charge on any atom is 0.127 e. The minimum Gasteiger partial charge on any atom is -0.476 e. The molecule has 3 heterocycles. The van der Waals surface area contributed by atoms with Crippen molar-refractivity contribution in [2.24, 2.45) is 5.10 Å². The Bertz CT molecular complexity index is 1200. The van der Waals surface area contributed by atoms with Gasteiger partial charge in [0.25, 0.3) is 0 Å². The van der Waals surface area contributed by atoms with Crippen LogP contribution in [0.15, 0.2) is 77.2 Å². The van der Waals surface area contributed by atoms with Crippen molar-refractivity contribution in [3.05, 3.63) is 90.4 Å². The van der Waals surface area contributed by atoms with Crippen LogP contribution < -0.4 is 9.91 Å². The monoisotopic (exact) mass is 544 g/mol. The summed E-state index contributed by atoms with van der Waals surface area (Å²) < 4.78 is 1.27. The molecule has 1 aromatic heterocycles. The summed E-state index contributed by atoms with van der Waals surface area (Å²) >= 11 is 1.75. The normalized spacial score (nSPS) is 14.3. The summed E-state index contributed by atoms with van der Waals surface area (Å²) in [6.45, 7) is 2.06. The zero-order valence-corrected chi connectivity index (χ0v) is 17.3. The Morgan fingerprint density at radius 3 is 2.59 bits per heavy atom. The van der Waals surface area contributed by atoms with Crippen LogP contribution in [0.3, 0.4) is 0 Å². The molecule has 5 heteroatoms. The van der Waals surface area contributed by atoms with E-state index in [1.807, 2.05) is 17.1 Å². The van der Waals surface area contributed by atoms with E-state index in [0.29, 0.717) is 0 Å². The van der Waals surface area contributed by atoms with Gasteiger partial charge in [0.05, 0.1) is 0 Å². The Hall–Kier alpha value is -2.46. The first kappa shape index (κ1) is 16.7. The summed E-state index contributed by atoms with van der Waals surface area (Å²) in [7, 11) is 0. The van der Waals surface area contributed by atoms with Gasteiger partial charge in [-0.3, -0.25) is 0 Å². The van der Waals surface area contributed by atoms with Gasteiger partial charge < -0.3 is 9.91 Å². The van der Waals surface area contributed by atoms with E-state index >= 15 is 0 Å². The number of hydrazone groups is 1. The summed E-state index contributed by atoms with van der Waals surface area (Å²) in [6.07, 6.45) is 0. The quantitative estimate of drug-likeness (QED) is 0.296. The molecular formula is C22H13IrN3S-2. The Labute approximate surface area is 174 Å². The molecule has 0 atom stereocenters. The second-order valence-corrected chi connectivity index (χ2v) is 7.26. The second kappa shape index (κ2) is 6.31. The fourth-order valence-corrected chi connectivity index (χ4v) is 4.63. The molecule has 0 unspecified atom stereocenters. The number of thiophene rings is 1. The van der Waals surface area contributed by atoms with Crippen molar-refractivity contribution in [2.75, 3.05) is 9.91 Å². The molecule has 0 bridgehead atoms. The predicted octanol–water partition coefficient (Wildman–Crippen LogP) is 5.49. The van der Waals surface area contributed by atoms with Gasteiger partial charge in [-0.1, -0.05) is 53.7 Å². The van der Waals surface area contributed by atoms with Gasteiger partial charge in [0.2, 0.25) is 0 Å². The van der Waals surface area contributed by atoms with Crippen molar-refractivity contribution >= 4 is 38.6 Å². The van der Waals surface area contributed by atoms with E-state index in [4.69, 9.17) is 5.10 Å². The molecule has 2 aliphatic rings. The number of anilines is 2. The van der Waals surface area contributed by atoms with E-state index in [0.717, 1.165) is 22.8 Å². The Kier molecular flexibility index (Phi) is 3.90. The van der Waals surface area contributed by atoms with Gasteiger partial charge in [-0.05, 0) is 6.07 Å². The molecular weight excluding hydrogens is 531 g/mol.